The monoisotopic (exact) mass is 288 g/mol. The molecule has 0 saturated carbocycles. The molecule has 0 saturated heterocycles. The number of hydrogen-bond acceptors (Lipinski definition) is 3. The maximum atomic E-state index is 6.02. The molecule has 2 aromatic heterocycles. The van der Waals surface area contributed by atoms with E-state index in [1.54, 1.807) is 11.3 Å². The molecule has 96 valence electrons. The number of nitrogens with zero attached hydrogens (tertiary/aromatic N) is 1. The Kier molecular flexibility index (Phi) is 3.51. The Balaban J connectivity index is 2.06. The molecule has 2 nitrogen and oxygen atoms in total. The first-order chi connectivity index (χ1) is 9.28. The molecule has 1 N–H and O–H groups in total. The second kappa shape index (κ2) is 5.29. The number of hydrogen-bond donors (Lipinski definition) is 1. The zero-order chi connectivity index (χ0) is 13.2. The van der Waals surface area contributed by atoms with Gasteiger partial charge in [0.2, 0.25) is 0 Å². The van der Waals surface area contributed by atoms with Gasteiger partial charge in [-0.05, 0) is 42.9 Å². The van der Waals surface area contributed by atoms with E-state index in [9.17, 15) is 0 Å². The number of fused-ring (bicyclic) bond motifs is 1. The predicted molar refractivity (Wildman–Crippen MR) is 82.0 cm³/mol. The normalized spacial score (nSPS) is 12.7. The summed E-state index contributed by atoms with van der Waals surface area (Å²) in [4.78, 5) is 5.56. The smallest absolute Gasteiger partial charge is 0.0931 e. The first-order valence-corrected chi connectivity index (χ1v) is 7.24. The molecule has 0 aliphatic heterocycles. The molecule has 4 heteroatoms. The van der Waals surface area contributed by atoms with Crippen LogP contribution in [0.2, 0.25) is 4.34 Å². The van der Waals surface area contributed by atoms with Gasteiger partial charge in [-0.15, -0.1) is 11.3 Å². The van der Waals surface area contributed by atoms with Crippen LogP contribution in [0.4, 0.5) is 0 Å². The Bertz CT molecular complexity index is 708. The number of rotatable bonds is 3. The second-order valence-electron chi connectivity index (χ2n) is 4.32. The highest BCUT2D eigenvalue weighted by atomic mass is 35.5. The summed E-state index contributed by atoms with van der Waals surface area (Å²) in [6, 6.07) is 14.6. The standard InChI is InChI=1S/C15H13ClN2S/c1-17-15(13-6-7-14(16)19-13)11-4-5-12-10(9-11)3-2-8-18-12/h2-9,15,17H,1H3. The van der Waals surface area contributed by atoms with E-state index in [1.165, 1.54) is 10.4 Å². The fourth-order valence-electron chi connectivity index (χ4n) is 2.23. The van der Waals surface area contributed by atoms with Crippen molar-refractivity contribution >= 4 is 33.8 Å². The molecular weight excluding hydrogens is 276 g/mol. The zero-order valence-electron chi connectivity index (χ0n) is 10.4. The van der Waals surface area contributed by atoms with Crippen LogP contribution < -0.4 is 5.32 Å². The molecule has 1 unspecified atom stereocenters. The molecule has 0 amide bonds. The van der Waals surface area contributed by atoms with Crippen molar-refractivity contribution in [3.05, 3.63) is 63.4 Å². The molecule has 1 aromatic carbocycles. The van der Waals surface area contributed by atoms with Crippen LogP contribution in [0.15, 0.2) is 48.7 Å². The number of benzene rings is 1. The van der Waals surface area contributed by atoms with Gasteiger partial charge in [0, 0.05) is 16.5 Å². The lowest BCUT2D eigenvalue weighted by Gasteiger charge is -2.15. The fourth-order valence-corrected chi connectivity index (χ4v) is 3.43. The molecule has 0 radical (unpaired) electrons. The summed E-state index contributed by atoms with van der Waals surface area (Å²) >= 11 is 7.63. The van der Waals surface area contributed by atoms with Crippen molar-refractivity contribution in [3.63, 3.8) is 0 Å². The summed E-state index contributed by atoms with van der Waals surface area (Å²) < 4.78 is 0.817. The van der Waals surface area contributed by atoms with E-state index in [1.807, 2.05) is 25.4 Å². The Morgan fingerprint density at radius 3 is 2.84 bits per heavy atom. The van der Waals surface area contributed by atoms with Crippen LogP contribution in [-0.4, -0.2) is 12.0 Å². The maximum absolute atomic E-state index is 6.02. The summed E-state index contributed by atoms with van der Waals surface area (Å²) in [7, 11) is 1.96. The van der Waals surface area contributed by atoms with Gasteiger partial charge < -0.3 is 5.32 Å². The molecule has 0 aliphatic carbocycles. The van der Waals surface area contributed by atoms with Crippen molar-refractivity contribution < 1.29 is 0 Å². The van der Waals surface area contributed by atoms with Crippen molar-refractivity contribution in [1.82, 2.24) is 10.3 Å². The molecular formula is C15H13ClN2S. The van der Waals surface area contributed by atoms with Crippen molar-refractivity contribution in [1.29, 1.82) is 0 Å². The first kappa shape index (κ1) is 12.6. The molecule has 0 aliphatic rings. The fraction of sp³-hybridized carbons (Fsp3) is 0.133. The topological polar surface area (TPSA) is 24.9 Å². The molecule has 0 bridgehead atoms. The highest BCUT2D eigenvalue weighted by Gasteiger charge is 2.14. The minimum atomic E-state index is 0.169. The first-order valence-electron chi connectivity index (χ1n) is 6.05. The van der Waals surface area contributed by atoms with Gasteiger partial charge in [0.15, 0.2) is 0 Å². The Morgan fingerprint density at radius 1 is 1.21 bits per heavy atom. The van der Waals surface area contributed by atoms with Crippen LogP contribution >= 0.6 is 22.9 Å². The van der Waals surface area contributed by atoms with Gasteiger partial charge in [0.25, 0.3) is 0 Å². The van der Waals surface area contributed by atoms with Gasteiger partial charge in [-0.1, -0.05) is 23.7 Å². The summed E-state index contributed by atoms with van der Waals surface area (Å²) in [5.41, 5.74) is 2.24. The van der Waals surface area contributed by atoms with Gasteiger partial charge in [-0.2, -0.15) is 0 Å². The number of pyridine rings is 1. The van der Waals surface area contributed by atoms with Crippen LogP contribution in [0.3, 0.4) is 0 Å². The largest absolute Gasteiger partial charge is 0.309 e. The van der Waals surface area contributed by atoms with Gasteiger partial charge in [0.05, 0.1) is 15.9 Å². The van der Waals surface area contributed by atoms with E-state index in [-0.39, 0.29) is 6.04 Å². The van der Waals surface area contributed by atoms with E-state index in [4.69, 9.17) is 11.6 Å². The summed E-state index contributed by atoms with van der Waals surface area (Å²) in [5, 5.41) is 4.50. The van der Waals surface area contributed by atoms with Crippen LogP contribution in [0.1, 0.15) is 16.5 Å². The molecule has 1 atom stereocenters. The second-order valence-corrected chi connectivity index (χ2v) is 6.07. The molecule has 0 spiro atoms. The van der Waals surface area contributed by atoms with Crippen LogP contribution in [0.5, 0.6) is 0 Å². The highest BCUT2D eigenvalue weighted by Crippen LogP contribution is 2.31. The van der Waals surface area contributed by atoms with Gasteiger partial charge in [-0.25, -0.2) is 0 Å². The van der Waals surface area contributed by atoms with Crippen molar-refractivity contribution in [2.75, 3.05) is 7.05 Å². The van der Waals surface area contributed by atoms with Crippen LogP contribution in [0.25, 0.3) is 10.9 Å². The average Bonchev–Trinajstić information content (AvgIpc) is 2.86. The van der Waals surface area contributed by atoms with Crippen LogP contribution in [-0.2, 0) is 0 Å². The van der Waals surface area contributed by atoms with Crippen molar-refractivity contribution in [2.24, 2.45) is 0 Å². The zero-order valence-corrected chi connectivity index (χ0v) is 12.0. The minimum absolute atomic E-state index is 0.169. The lowest BCUT2D eigenvalue weighted by molar-refractivity contribution is 0.705. The summed E-state index contributed by atoms with van der Waals surface area (Å²) in [6.45, 7) is 0. The quantitative estimate of drug-likeness (QED) is 0.779. The molecule has 0 fully saturated rings. The van der Waals surface area contributed by atoms with E-state index in [0.29, 0.717) is 0 Å². The number of nitrogens with one attached hydrogen (secondary N) is 1. The van der Waals surface area contributed by atoms with E-state index < -0.39 is 0 Å². The molecule has 3 rings (SSSR count). The van der Waals surface area contributed by atoms with Crippen LogP contribution in [0, 0.1) is 0 Å². The molecule has 19 heavy (non-hydrogen) atoms. The Hall–Kier alpha value is -1.42. The van der Waals surface area contributed by atoms with E-state index in [2.05, 4.69) is 40.6 Å². The Morgan fingerprint density at radius 2 is 2.11 bits per heavy atom. The third kappa shape index (κ3) is 2.50. The Labute approximate surface area is 121 Å². The van der Waals surface area contributed by atoms with E-state index >= 15 is 0 Å². The SMILES string of the molecule is CNC(c1ccc2ncccc2c1)c1ccc(Cl)s1. The maximum Gasteiger partial charge on any atom is 0.0931 e. The lowest BCUT2D eigenvalue weighted by atomic mass is 10.0. The predicted octanol–water partition coefficient (Wildman–Crippen LogP) is 4.26. The minimum Gasteiger partial charge on any atom is -0.309 e. The molecule has 3 aromatic rings. The number of aromatic nitrogens is 1. The number of thiophene rings is 1. The van der Waals surface area contributed by atoms with Gasteiger partial charge >= 0.3 is 0 Å². The van der Waals surface area contributed by atoms with Gasteiger partial charge in [0.1, 0.15) is 0 Å². The number of halogens is 1. The summed E-state index contributed by atoms with van der Waals surface area (Å²) in [5.74, 6) is 0. The van der Waals surface area contributed by atoms with Crippen molar-refractivity contribution in [3.8, 4) is 0 Å². The summed E-state index contributed by atoms with van der Waals surface area (Å²) in [6.07, 6.45) is 1.82. The third-order valence-corrected chi connectivity index (χ3v) is 4.42. The van der Waals surface area contributed by atoms with Crippen molar-refractivity contribution in [2.45, 2.75) is 6.04 Å². The lowest BCUT2D eigenvalue weighted by Crippen LogP contribution is -2.16. The van der Waals surface area contributed by atoms with Gasteiger partial charge in [-0.3, -0.25) is 4.98 Å². The molecule has 2 heterocycles. The average molecular weight is 289 g/mol. The third-order valence-electron chi connectivity index (χ3n) is 3.13. The highest BCUT2D eigenvalue weighted by molar-refractivity contribution is 7.16. The van der Waals surface area contributed by atoms with E-state index in [0.717, 1.165) is 15.2 Å².